The summed E-state index contributed by atoms with van der Waals surface area (Å²) in [4.78, 5) is 11.6. The van der Waals surface area contributed by atoms with Crippen molar-refractivity contribution in [3.63, 3.8) is 0 Å². The molecule has 0 aliphatic carbocycles. The Kier molecular flexibility index (Phi) is 4.07. The lowest BCUT2D eigenvalue weighted by atomic mass is 10.1. The van der Waals surface area contributed by atoms with Gasteiger partial charge in [-0.1, -0.05) is 15.9 Å². The van der Waals surface area contributed by atoms with E-state index in [4.69, 9.17) is 5.73 Å². The largest absolute Gasteiger partial charge is 0.417 e. The molecule has 0 aliphatic heterocycles. The minimum absolute atomic E-state index is 0.0500. The van der Waals surface area contributed by atoms with E-state index < -0.39 is 23.2 Å². The number of carbonyl (C=O) groups excluding carboxylic acids is 1. The van der Waals surface area contributed by atoms with Crippen molar-refractivity contribution in [2.24, 2.45) is 5.73 Å². The van der Waals surface area contributed by atoms with Crippen LogP contribution in [0.25, 0.3) is 0 Å². The first-order valence-electron chi connectivity index (χ1n) is 4.99. The van der Waals surface area contributed by atoms with Gasteiger partial charge in [-0.15, -0.1) is 0 Å². The maximum atomic E-state index is 12.6. The van der Waals surface area contributed by atoms with Crippen molar-refractivity contribution in [2.45, 2.75) is 25.6 Å². The monoisotopic (exact) mass is 324 g/mol. The Labute approximate surface area is 111 Å². The van der Waals surface area contributed by atoms with Crippen molar-refractivity contribution in [1.29, 1.82) is 0 Å². The molecule has 1 aromatic carbocycles. The molecule has 0 radical (unpaired) electrons. The van der Waals surface area contributed by atoms with Gasteiger partial charge in [-0.05, 0) is 32.0 Å². The topological polar surface area (TPSA) is 55.1 Å². The van der Waals surface area contributed by atoms with Gasteiger partial charge in [0.15, 0.2) is 0 Å². The van der Waals surface area contributed by atoms with Crippen LogP contribution in [0.5, 0.6) is 0 Å². The van der Waals surface area contributed by atoms with Crippen LogP contribution in [0.1, 0.15) is 19.4 Å². The minimum Gasteiger partial charge on any atom is -0.324 e. The van der Waals surface area contributed by atoms with Gasteiger partial charge in [0.1, 0.15) is 0 Å². The molecule has 0 bridgehead atoms. The van der Waals surface area contributed by atoms with E-state index in [1.54, 1.807) is 0 Å². The molecule has 1 rings (SSSR count). The zero-order valence-corrected chi connectivity index (χ0v) is 11.3. The molecule has 0 aromatic heterocycles. The maximum absolute atomic E-state index is 12.6. The van der Waals surface area contributed by atoms with Gasteiger partial charge in [0.05, 0.1) is 11.1 Å². The van der Waals surface area contributed by atoms with Gasteiger partial charge in [0.2, 0.25) is 5.91 Å². The number of hydrogen-bond acceptors (Lipinski definition) is 2. The Morgan fingerprint density at radius 1 is 1.33 bits per heavy atom. The number of carbonyl (C=O) groups is 1. The smallest absolute Gasteiger partial charge is 0.324 e. The highest BCUT2D eigenvalue weighted by atomic mass is 79.9. The van der Waals surface area contributed by atoms with E-state index in [-0.39, 0.29) is 10.2 Å². The second-order valence-corrected chi connectivity index (χ2v) is 5.22. The summed E-state index contributed by atoms with van der Waals surface area (Å²) in [6.45, 7) is 2.93. The van der Waals surface area contributed by atoms with E-state index in [9.17, 15) is 18.0 Å². The molecular formula is C11H12BrF3N2O. The van der Waals surface area contributed by atoms with Crippen molar-refractivity contribution in [2.75, 3.05) is 5.32 Å². The molecule has 0 spiro atoms. The molecule has 0 aliphatic rings. The number of benzene rings is 1. The predicted octanol–water partition coefficient (Wildman–Crippen LogP) is 3.14. The molecule has 3 nitrogen and oxygen atoms in total. The van der Waals surface area contributed by atoms with Crippen LogP contribution in [0.4, 0.5) is 18.9 Å². The summed E-state index contributed by atoms with van der Waals surface area (Å²) in [7, 11) is 0. The summed E-state index contributed by atoms with van der Waals surface area (Å²) in [5, 5.41) is 2.34. The van der Waals surface area contributed by atoms with E-state index in [0.29, 0.717) is 0 Å². The van der Waals surface area contributed by atoms with E-state index in [2.05, 4.69) is 21.2 Å². The summed E-state index contributed by atoms with van der Waals surface area (Å²) in [5.41, 5.74) is 3.57. The first-order chi connectivity index (χ1) is 8.01. The number of nitrogens with one attached hydrogen (secondary N) is 1. The van der Waals surface area contributed by atoms with Crippen molar-refractivity contribution >= 4 is 27.5 Å². The molecule has 1 amide bonds. The Morgan fingerprint density at radius 3 is 2.33 bits per heavy atom. The standard InChI is InChI=1S/C11H12BrF3N2O/c1-10(2,16)9(18)17-6-3-4-8(12)7(5-6)11(13,14)15/h3-5H,16H2,1-2H3,(H,17,18). The third kappa shape index (κ3) is 3.71. The summed E-state index contributed by atoms with van der Waals surface area (Å²) in [5.74, 6) is -0.557. The quantitative estimate of drug-likeness (QED) is 0.878. The molecule has 18 heavy (non-hydrogen) atoms. The number of anilines is 1. The van der Waals surface area contributed by atoms with Gasteiger partial charge in [-0.3, -0.25) is 4.79 Å². The summed E-state index contributed by atoms with van der Waals surface area (Å²) < 4.78 is 37.8. The van der Waals surface area contributed by atoms with Crippen molar-refractivity contribution in [3.05, 3.63) is 28.2 Å². The molecule has 0 heterocycles. The Bertz CT molecular complexity index is 466. The number of halogens is 4. The number of alkyl halides is 3. The second-order valence-electron chi connectivity index (χ2n) is 4.37. The van der Waals surface area contributed by atoms with Crippen LogP contribution in [0.2, 0.25) is 0 Å². The van der Waals surface area contributed by atoms with E-state index >= 15 is 0 Å². The molecule has 0 saturated heterocycles. The van der Waals surface area contributed by atoms with Crippen molar-refractivity contribution < 1.29 is 18.0 Å². The highest BCUT2D eigenvalue weighted by Crippen LogP contribution is 2.36. The predicted molar refractivity (Wildman–Crippen MR) is 66.0 cm³/mol. The fourth-order valence-electron chi connectivity index (χ4n) is 1.11. The summed E-state index contributed by atoms with van der Waals surface area (Å²) >= 11 is 2.81. The third-order valence-electron chi connectivity index (χ3n) is 2.11. The molecule has 0 atom stereocenters. The second kappa shape index (κ2) is 4.89. The van der Waals surface area contributed by atoms with Gasteiger partial charge >= 0.3 is 6.18 Å². The van der Waals surface area contributed by atoms with E-state index in [1.807, 2.05) is 0 Å². The van der Waals surface area contributed by atoms with Crippen LogP contribution < -0.4 is 11.1 Å². The molecule has 3 N–H and O–H groups in total. The number of hydrogen-bond donors (Lipinski definition) is 2. The lowest BCUT2D eigenvalue weighted by Gasteiger charge is -2.18. The van der Waals surface area contributed by atoms with E-state index in [1.165, 1.54) is 26.0 Å². The molecule has 100 valence electrons. The fraction of sp³-hybridized carbons (Fsp3) is 0.364. The Hall–Kier alpha value is -1.08. The lowest BCUT2D eigenvalue weighted by molar-refractivity contribution is -0.138. The summed E-state index contributed by atoms with van der Waals surface area (Å²) in [6, 6.07) is 3.44. The average Bonchev–Trinajstić information content (AvgIpc) is 2.17. The van der Waals surface area contributed by atoms with Gasteiger partial charge in [0.25, 0.3) is 0 Å². The minimum atomic E-state index is -4.49. The summed E-state index contributed by atoms with van der Waals surface area (Å²) in [6.07, 6.45) is -4.49. The average molecular weight is 325 g/mol. The van der Waals surface area contributed by atoms with Gasteiger partial charge in [-0.2, -0.15) is 13.2 Å². The van der Waals surface area contributed by atoms with Crippen LogP contribution in [-0.4, -0.2) is 11.4 Å². The molecular weight excluding hydrogens is 313 g/mol. The highest BCUT2D eigenvalue weighted by Gasteiger charge is 2.33. The highest BCUT2D eigenvalue weighted by molar-refractivity contribution is 9.10. The zero-order chi connectivity index (χ0) is 14.1. The van der Waals surface area contributed by atoms with Gasteiger partial charge < -0.3 is 11.1 Å². The van der Waals surface area contributed by atoms with Crippen LogP contribution in [0.15, 0.2) is 22.7 Å². The third-order valence-corrected chi connectivity index (χ3v) is 2.81. The van der Waals surface area contributed by atoms with Crippen molar-refractivity contribution in [1.82, 2.24) is 0 Å². The number of nitrogens with two attached hydrogens (primary N) is 1. The molecule has 7 heteroatoms. The Balaban J connectivity index is 3.04. The first-order valence-corrected chi connectivity index (χ1v) is 5.78. The molecule has 0 unspecified atom stereocenters. The van der Waals surface area contributed by atoms with Crippen LogP contribution in [0, 0.1) is 0 Å². The van der Waals surface area contributed by atoms with Crippen LogP contribution in [-0.2, 0) is 11.0 Å². The Morgan fingerprint density at radius 2 is 1.89 bits per heavy atom. The molecule has 0 fully saturated rings. The fourth-order valence-corrected chi connectivity index (χ4v) is 1.58. The van der Waals surface area contributed by atoms with Gasteiger partial charge in [-0.25, -0.2) is 0 Å². The van der Waals surface area contributed by atoms with Crippen molar-refractivity contribution in [3.8, 4) is 0 Å². The zero-order valence-electron chi connectivity index (χ0n) is 9.73. The van der Waals surface area contributed by atoms with E-state index in [0.717, 1.165) is 6.07 Å². The number of amides is 1. The van der Waals surface area contributed by atoms with Crippen LogP contribution >= 0.6 is 15.9 Å². The van der Waals surface area contributed by atoms with Gasteiger partial charge in [0, 0.05) is 10.2 Å². The molecule has 0 saturated carbocycles. The first kappa shape index (κ1) is 15.0. The lowest BCUT2D eigenvalue weighted by Crippen LogP contribution is -2.45. The SMILES string of the molecule is CC(C)(N)C(=O)Nc1ccc(Br)c(C(F)(F)F)c1. The molecule has 1 aromatic rings. The van der Waals surface area contributed by atoms with Crippen LogP contribution in [0.3, 0.4) is 0 Å². The maximum Gasteiger partial charge on any atom is 0.417 e. The normalized spacial score (nSPS) is 12.4. The number of rotatable bonds is 2.